The molecule has 2 fully saturated rings. The van der Waals surface area contributed by atoms with E-state index in [1.165, 1.54) is 5.57 Å². The molecule has 204 valence electrons. The molecule has 38 heavy (non-hydrogen) atoms. The first-order valence-corrected chi connectivity index (χ1v) is 13.2. The molecule has 2 heterocycles. The molecule has 1 aromatic carbocycles. The van der Waals surface area contributed by atoms with Gasteiger partial charge in [-0.1, -0.05) is 25.0 Å². The molecule has 1 aliphatic carbocycles. The lowest BCUT2D eigenvalue weighted by molar-refractivity contribution is -0.137. The molecule has 2 saturated heterocycles. The third kappa shape index (κ3) is 5.17. The monoisotopic (exact) mass is 525 g/mol. The first-order valence-electron chi connectivity index (χ1n) is 13.2. The SMILES string of the molecule is CCC/C(=C\c1cc(C)c(O)c(C)c1)CC[C@H]1OB(O)C[C@H]2C1=C(CO)C[C@H]1C(=O)N(C(=O)OC)C(=O)[C@H]12. The molecular formula is C28H36BNO8. The van der Waals surface area contributed by atoms with Crippen LogP contribution >= 0.6 is 0 Å². The van der Waals surface area contributed by atoms with Crippen molar-refractivity contribution in [3.63, 3.8) is 0 Å². The lowest BCUT2D eigenvalue weighted by atomic mass is 9.58. The van der Waals surface area contributed by atoms with Gasteiger partial charge in [-0.05, 0) is 91.7 Å². The van der Waals surface area contributed by atoms with Gasteiger partial charge in [0.25, 0.3) is 0 Å². The van der Waals surface area contributed by atoms with Gasteiger partial charge in [-0.2, -0.15) is 4.90 Å². The normalized spacial score (nSPS) is 25.6. The molecule has 0 bridgehead atoms. The number of ether oxygens (including phenoxy) is 1. The summed E-state index contributed by atoms with van der Waals surface area (Å²) in [5.41, 5.74) is 5.18. The number of methoxy groups -OCH3 is 1. The number of allylic oxidation sites excluding steroid dienone is 1. The number of aryl methyl sites for hydroxylation is 2. The van der Waals surface area contributed by atoms with E-state index in [2.05, 4.69) is 17.7 Å². The Bertz CT molecular complexity index is 1170. The average Bonchev–Trinajstić information content (AvgIpc) is 3.14. The molecule has 9 nitrogen and oxygen atoms in total. The number of phenolic OH excluding ortho intramolecular Hbond substituents is 1. The van der Waals surface area contributed by atoms with E-state index in [4.69, 9.17) is 4.65 Å². The van der Waals surface area contributed by atoms with Gasteiger partial charge in [0, 0.05) is 0 Å². The number of imide groups is 3. The molecular weight excluding hydrogens is 489 g/mol. The van der Waals surface area contributed by atoms with E-state index in [0.717, 1.165) is 42.2 Å². The summed E-state index contributed by atoms with van der Waals surface area (Å²) < 4.78 is 10.6. The number of benzene rings is 1. The lowest BCUT2D eigenvalue weighted by Crippen LogP contribution is -2.46. The van der Waals surface area contributed by atoms with Gasteiger partial charge in [-0.25, -0.2) is 4.79 Å². The number of carbonyl (C=O) groups excluding carboxylic acids is 3. The van der Waals surface area contributed by atoms with Crippen LogP contribution in [0.4, 0.5) is 4.79 Å². The third-order valence-corrected chi connectivity index (χ3v) is 8.04. The molecule has 2 aliphatic heterocycles. The second-order valence-corrected chi connectivity index (χ2v) is 10.6. The average molecular weight is 525 g/mol. The molecule has 4 atom stereocenters. The first-order chi connectivity index (χ1) is 18.1. The number of aromatic hydroxyl groups is 1. The number of aliphatic hydroxyl groups excluding tert-OH is 1. The van der Waals surface area contributed by atoms with Crippen molar-refractivity contribution in [2.45, 2.75) is 65.3 Å². The largest absolute Gasteiger partial charge is 0.507 e. The van der Waals surface area contributed by atoms with Crippen LogP contribution < -0.4 is 0 Å². The van der Waals surface area contributed by atoms with Crippen molar-refractivity contribution in [1.82, 2.24) is 4.90 Å². The van der Waals surface area contributed by atoms with Gasteiger partial charge in [-0.15, -0.1) is 0 Å². The number of amides is 3. The number of hydrogen-bond acceptors (Lipinski definition) is 8. The van der Waals surface area contributed by atoms with E-state index in [0.29, 0.717) is 29.1 Å². The van der Waals surface area contributed by atoms with Crippen LogP contribution in [0.15, 0.2) is 28.9 Å². The minimum absolute atomic E-state index is 0.105. The Kier molecular flexibility index (Phi) is 8.44. The number of aliphatic hydroxyl groups is 1. The fourth-order valence-corrected chi connectivity index (χ4v) is 6.40. The van der Waals surface area contributed by atoms with E-state index in [-0.39, 0.29) is 19.3 Å². The molecule has 0 saturated carbocycles. The highest BCUT2D eigenvalue weighted by Gasteiger charge is 2.59. The second-order valence-electron chi connectivity index (χ2n) is 10.6. The number of likely N-dealkylation sites (tertiary alicyclic amines) is 1. The second kappa shape index (κ2) is 11.4. The Morgan fingerprint density at radius 2 is 1.87 bits per heavy atom. The van der Waals surface area contributed by atoms with Gasteiger partial charge < -0.3 is 24.6 Å². The standard InChI is InChI=1S/C28H36BNO8/c1-5-6-17(11-18-9-15(2)25(32)16(3)10-18)7-8-22-23-19(14-31)12-20-24(21(23)13-29(36)38-22)27(34)30(26(20)33)28(35)37-4/h9-11,20-22,24,31-32,36H,5-8,12-14H2,1-4H3/b17-11+/t20-,21+,22-,24-/m1/s1. The number of nitrogens with zero attached hydrogens (tertiary/aromatic N) is 1. The molecule has 10 heteroatoms. The van der Waals surface area contributed by atoms with Crippen molar-refractivity contribution in [2.75, 3.05) is 13.7 Å². The third-order valence-electron chi connectivity index (χ3n) is 8.04. The van der Waals surface area contributed by atoms with Gasteiger partial charge in [-0.3, -0.25) is 9.59 Å². The molecule has 0 aromatic heterocycles. The van der Waals surface area contributed by atoms with Gasteiger partial charge in [0.05, 0.1) is 31.7 Å². The predicted octanol–water partition coefficient (Wildman–Crippen LogP) is 3.53. The van der Waals surface area contributed by atoms with Crippen molar-refractivity contribution < 1.29 is 39.0 Å². The van der Waals surface area contributed by atoms with Crippen molar-refractivity contribution in [2.24, 2.45) is 17.8 Å². The van der Waals surface area contributed by atoms with Gasteiger partial charge >= 0.3 is 13.2 Å². The number of rotatable bonds is 7. The number of hydrogen-bond donors (Lipinski definition) is 3. The van der Waals surface area contributed by atoms with Gasteiger partial charge in [0.1, 0.15) is 5.75 Å². The first kappa shape index (κ1) is 28.1. The van der Waals surface area contributed by atoms with Crippen LogP contribution in [0.1, 0.15) is 55.7 Å². The minimum Gasteiger partial charge on any atom is -0.507 e. The summed E-state index contributed by atoms with van der Waals surface area (Å²) in [6.07, 6.45) is 3.81. The van der Waals surface area contributed by atoms with Crippen LogP contribution in [0.5, 0.6) is 5.75 Å². The zero-order chi connectivity index (χ0) is 27.7. The van der Waals surface area contributed by atoms with E-state index in [9.17, 15) is 29.6 Å². The zero-order valence-corrected chi connectivity index (χ0v) is 22.4. The van der Waals surface area contributed by atoms with Crippen LogP contribution in [0.3, 0.4) is 0 Å². The Morgan fingerprint density at radius 3 is 2.47 bits per heavy atom. The summed E-state index contributed by atoms with van der Waals surface area (Å²) in [7, 11) is -0.0204. The molecule has 0 radical (unpaired) electrons. The summed E-state index contributed by atoms with van der Waals surface area (Å²) in [5.74, 6) is -3.05. The van der Waals surface area contributed by atoms with Crippen LogP contribution in [0.25, 0.3) is 6.08 Å². The summed E-state index contributed by atoms with van der Waals surface area (Å²) in [5, 5.41) is 31.0. The van der Waals surface area contributed by atoms with Crippen molar-refractivity contribution in [3.05, 3.63) is 45.5 Å². The fourth-order valence-electron chi connectivity index (χ4n) is 6.40. The Hall–Kier alpha value is -2.95. The van der Waals surface area contributed by atoms with Crippen LogP contribution in [0.2, 0.25) is 6.32 Å². The smallest absolute Gasteiger partial charge is 0.455 e. The molecule has 0 unspecified atom stereocenters. The summed E-state index contributed by atoms with van der Waals surface area (Å²) in [4.78, 5) is 38.9. The topological polar surface area (TPSA) is 134 Å². The highest BCUT2D eigenvalue weighted by Crippen LogP contribution is 2.50. The van der Waals surface area contributed by atoms with Crippen molar-refractivity contribution >= 4 is 31.1 Å². The molecule has 0 spiro atoms. The summed E-state index contributed by atoms with van der Waals surface area (Å²) in [6, 6.07) is 3.89. The van der Waals surface area contributed by atoms with Crippen LogP contribution in [0, 0.1) is 31.6 Å². The van der Waals surface area contributed by atoms with Crippen LogP contribution in [-0.2, 0) is 19.0 Å². The summed E-state index contributed by atoms with van der Waals surface area (Å²) in [6.45, 7) is 5.54. The fraction of sp³-hybridized carbons (Fsp3) is 0.536. The summed E-state index contributed by atoms with van der Waals surface area (Å²) >= 11 is 0. The van der Waals surface area contributed by atoms with Crippen LogP contribution in [-0.4, -0.2) is 65.0 Å². The van der Waals surface area contributed by atoms with E-state index in [1.54, 1.807) is 0 Å². The van der Waals surface area contributed by atoms with Crippen molar-refractivity contribution in [1.29, 1.82) is 0 Å². The molecule has 3 N–H and O–H groups in total. The maximum absolute atomic E-state index is 13.2. The molecule has 3 aliphatic rings. The van der Waals surface area contributed by atoms with Crippen molar-refractivity contribution in [3.8, 4) is 5.75 Å². The number of fused-ring (bicyclic) bond motifs is 3. The van der Waals surface area contributed by atoms with Gasteiger partial charge in [0.2, 0.25) is 11.8 Å². The highest BCUT2D eigenvalue weighted by atomic mass is 16.5. The minimum atomic E-state index is -1.14. The molecule has 4 rings (SSSR count). The van der Waals surface area contributed by atoms with Gasteiger partial charge in [0.15, 0.2) is 0 Å². The Balaban J connectivity index is 1.62. The van der Waals surface area contributed by atoms with E-state index in [1.807, 2.05) is 26.0 Å². The molecule has 3 amide bonds. The predicted molar refractivity (Wildman–Crippen MR) is 141 cm³/mol. The maximum Gasteiger partial charge on any atom is 0.455 e. The quantitative estimate of drug-likeness (QED) is 0.280. The maximum atomic E-state index is 13.2. The number of phenols is 1. The lowest BCUT2D eigenvalue weighted by Gasteiger charge is -2.42. The van der Waals surface area contributed by atoms with E-state index < -0.39 is 48.9 Å². The Morgan fingerprint density at radius 1 is 1.18 bits per heavy atom. The zero-order valence-electron chi connectivity index (χ0n) is 22.4. The highest BCUT2D eigenvalue weighted by molar-refractivity contribution is 6.43. The number of carbonyl (C=O) groups is 3. The Labute approximate surface area is 223 Å². The molecule has 1 aromatic rings. The van der Waals surface area contributed by atoms with E-state index >= 15 is 0 Å².